The molecule has 0 aliphatic carbocycles. The van der Waals surface area contributed by atoms with Gasteiger partial charge < -0.3 is 4.90 Å². The highest BCUT2D eigenvalue weighted by Gasteiger charge is 2.24. The van der Waals surface area contributed by atoms with E-state index in [0.717, 1.165) is 23.7 Å². The lowest BCUT2D eigenvalue weighted by Crippen LogP contribution is -2.30. The van der Waals surface area contributed by atoms with E-state index in [2.05, 4.69) is 12.6 Å². The first-order chi connectivity index (χ1) is 7.29. The van der Waals surface area contributed by atoms with Crippen LogP contribution in [0, 0.1) is 0 Å². The molecule has 1 aliphatic rings. The molecule has 2 nitrogen and oxygen atoms in total. The second-order valence-electron chi connectivity index (χ2n) is 3.45. The predicted octanol–water partition coefficient (Wildman–Crippen LogP) is 2.19. The minimum Gasteiger partial charge on any atom is -0.331 e. The quantitative estimate of drug-likeness (QED) is 0.798. The Bertz CT molecular complexity index is 336. The Labute approximate surface area is 99.4 Å². The van der Waals surface area contributed by atoms with Gasteiger partial charge in [0.15, 0.2) is 0 Å². The van der Waals surface area contributed by atoms with Gasteiger partial charge >= 0.3 is 0 Å². The highest BCUT2D eigenvalue weighted by Crippen LogP contribution is 2.25. The summed E-state index contributed by atoms with van der Waals surface area (Å²) in [5.41, 5.74) is 0.975. The maximum absolute atomic E-state index is 12.0. The fourth-order valence-electron chi connectivity index (χ4n) is 1.54. The highest BCUT2D eigenvalue weighted by atomic mass is 32.2. The molecule has 1 atom stereocenters. The van der Waals surface area contributed by atoms with Gasteiger partial charge in [-0.3, -0.25) is 4.79 Å². The molecular formula is C11H13NOS2. The normalized spacial score (nSPS) is 17.8. The third-order valence-corrected chi connectivity index (χ3v) is 3.90. The van der Waals surface area contributed by atoms with E-state index in [0.29, 0.717) is 0 Å². The summed E-state index contributed by atoms with van der Waals surface area (Å²) in [4.78, 5) is 13.9. The fraction of sp³-hybridized carbons (Fsp3) is 0.364. The van der Waals surface area contributed by atoms with Crippen LogP contribution in [0.25, 0.3) is 0 Å². The van der Waals surface area contributed by atoms with E-state index >= 15 is 0 Å². The molecule has 0 bridgehead atoms. The first-order valence-corrected chi connectivity index (χ1v) is 6.55. The summed E-state index contributed by atoms with van der Waals surface area (Å²) in [6, 6.07) is 9.70. The lowest BCUT2D eigenvalue weighted by atomic mass is 10.1. The lowest BCUT2D eigenvalue weighted by molar-refractivity contribution is -0.129. The molecule has 0 N–H and O–H groups in total. The largest absolute Gasteiger partial charge is 0.331 e. The van der Waals surface area contributed by atoms with Gasteiger partial charge in [-0.05, 0) is 5.56 Å². The minimum atomic E-state index is -0.315. The number of hydrogen-bond acceptors (Lipinski definition) is 3. The number of amides is 1. The van der Waals surface area contributed by atoms with Gasteiger partial charge in [0, 0.05) is 12.3 Å². The molecular weight excluding hydrogens is 226 g/mol. The van der Waals surface area contributed by atoms with Crippen molar-refractivity contribution in [3.05, 3.63) is 35.9 Å². The Balaban J connectivity index is 2.07. The van der Waals surface area contributed by atoms with Crippen molar-refractivity contribution in [1.82, 2.24) is 4.90 Å². The molecule has 1 heterocycles. The molecule has 0 aromatic heterocycles. The van der Waals surface area contributed by atoms with Crippen molar-refractivity contribution in [3.63, 3.8) is 0 Å². The zero-order chi connectivity index (χ0) is 10.7. The number of nitrogens with zero attached hydrogens (tertiary/aromatic N) is 1. The van der Waals surface area contributed by atoms with Gasteiger partial charge in [-0.2, -0.15) is 12.6 Å². The summed E-state index contributed by atoms with van der Waals surface area (Å²) >= 11 is 6.18. The zero-order valence-electron chi connectivity index (χ0n) is 8.30. The number of thioether (sulfide) groups is 1. The average Bonchev–Trinajstić information content (AvgIpc) is 2.82. The molecule has 1 aromatic carbocycles. The number of carbonyl (C=O) groups is 1. The smallest absolute Gasteiger partial charge is 0.240 e. The lowest BCUT2D eigenvalue weighted by Gasteiger charge is -2.19. The highest BCUT2D eigenvalue weighted by molar-refractivity contribution is 7.99. The SMILES string of the molecule is O=C(C(S)c1ccccc1)N1CCSC1. The molecule has 1 unspecified atom stereocenters. The van der Waals surface area contributed by atoms with Gasteiger partial charge in [0.05, 0.1) is 5.88 Å². The second-order valence-corrected chi connectivity index (χ2v) is 5.04. The van der Waals surface area contributed by atoms with E-state index in [-0.39, 0.29) is 11.2 Å². The van der Waals surface area contributed by atoms with Gasteiger partial charge in [0.25, 0.3) is 0 Å². The molecule has 1 amide bonds. The molecule has 4 heteroatoms. The Hall–Kier alpha value is -0.610. The van der Waals surface area contributed by atoms with E-state index in [1.165, 1.54) is 0 Å². The third kappa shape index (κ3) is 2.49. The number of carbonyl (C=O) groups excluding carboxylic acids is 1. The van der Waals surface area contributed by atoms with Crippen molar-refractivity contribution in [2.45, 2.75) is 5.25 Å². The average molecular weight is 239 g/mol. The van der Waals surface area contributed by atoms with Gasteiger partial charge in [-0.25, -0.2) is 0 Å². The van der Waals surface area contributed by atoms with Crippen molar-refractivity contribution in [2.24, 2.45) is 0 Å². The van der Waals surface area contributed by atoms with Gasteiger partial charge in [-0.1, -0.05) is 30.3 Å². The predicted molar refractivity (Wildman–Crippen MR) is 67.2 cm³/mol. The van der Waals surface area contributed by atoms with Crippen LogP contribution in [0.5, 0.6) is 0 Å². The topological polar surface area (TPSA) is 20.3 Å². The molecule has 1 saturated heterocycles. The maximum Gasteiger partial charge on any atom is 0.240 e. The molecule has 1 fully saturated rings. The van der Waals surface area contributed by atoms with Gasteiger partial charge in [-0.15, -0.1) is 11.8 Å². The summed E-state index contributed by atoms with van der Waals surface area (Å²) in [5.74, 6) is 1.97. The molecule has 80 valence electrons. The molecule has 15 heavy (non-hydrogen) atoms. The summed E-state index contributed by atoms with van der Waals surface area (Å²) in [6.45, 7) is 0.855. The van der Waals surface area contributed by atoms with E-state index in [4.69, 9.17) is 0 Å². The van der Waals surface area contributed by atoms with Crippen LogP contribution < -0.4 is 0 Å². The second kappa shape index (κ2) is 4.94. The Kier molecular flexibility index (Phi) is 3.59. The van der Waals surface area contributed by atoms with Gasteiger partial charge in [0.1, 0.15) is 5.25 Å². The van der Waals surface area contributed by atoms with Crippen LogP contribution in [0.2, 0.25) is 0 Å². The van der Waals surface area contributed by atoms with Crippen LogP contribution in [0.4, 0.5) is 0 Å². The molecule has 1 aromatic rings. The summed E-state index contributed by atoms with van der Waals surface area (Å²) in [6.07, 6.45) is 0. The first kappa shape index (κ1) is 10.9. The number of rotatable bonds is 2. The monoisotopic (exact) mass is 239 g/mol. The molecule has 0 spiro atoms. The van der Waals surface area contributed by atoms with Crippen LogP contribution in [0.15, 0.2) is 30.3 Å². The maximum atomic E-state index is 12.0. The first-order valence-electron chi connectivity index (χ1n) is 4.88. The Morgan fingerprint density at radius 3 is 2.73 bits per heavy atom. The molecule has 0 radical (unpaired) electrons. The van der Waals surface area contributed by atoms with Crippen molar-refractivity contribution in [1.29, 1.82) is 0 Å². The summed E-state index contributed by atoms with van der Waals surface area (Å²) in [7, 11) is 0. The van der Waals surface area contributed by atoms with E-state index in [1.807, 2.05) is 35.2 Å². The number of hydrogen-bond donors (Lipinski definition) is 1. The van der Waals surface area contributed by atoms with Crippen molar-refractivity contribution >= 4 is 30.3 Å². The standard InChI is InChI=1S/C11H13NOS2/c13-11(12-6-7-15-8-12)10(14)9-4-2-1-3-5-9/h1-5,10,14H,6-8H2. The summed E-state index contributed by atoms with van der Waals surface area (Å²) in [5, 5.41) is -0.315. The van der Waals surface area contributed by atoms with Gasteiger partial charge in [0.2, 0.25) is 5.91 Å². The van der Waals surface area contributed by atoms with E-state index < -0.39 is 0 Å². The van der Waals surface area contributed by atoms with Crippen molar-refractivity contribution in [2.75, 3.05) is 18.2 Å². The van der Waals surface area contributed by atoms with Crippen LogP contribution in [0.3, 0.4) is 0 Å². The Morgan fingerprint density at radius 2 is 2.13 bits per heavy atom. The molecule has 2 rings (SSSR count). The van der Waals surface area contributed by atoms with Crippen LogP contribution in [-0.2, 0) is 4.79 Å². The minimum absolute atomic E-state index is 0.120. The van der Waals surface area contributed by atoms with E-state index in [1.54, 1.807) is 11.8 Å². The zero-order valence-corrected chi connectivity index (χ0v) is 10.0. The Morgan fingerprint density at radius 1 is 1.40 bits per heavy atom. The summed E-state index contributed by atoms with van der Waals surface area (Å²) < 4.78 is 0. The van der Waals surface area contributed by atoms with Crippen LogP contribution in [-0.4, -0.2) is 29.0 Å². The molecule has 0 saturated carbocycles. The van der Waals surface area contributed by atoms with Crippen LogP contribution >= 0.6 is 24.4 Å². The van der Waals surface area contributed by atoms with E-state index in [9.17, 15) is 4.79 Å². The number of benzene rings is 1. The fourth-order valence-corrected chi connectivity index (χ4v) is 2.83. The van der Waals surface area contributed by atoms with Crippen molar-refractivity contribution in [3.8, 4) is 0 Å². The molecule has 1 aliphatic heterocycles. The van der Waals surface area contributed by atoms with Crippen molar-refractivity contribution < 1.29 is 4.79 Å². The number of thiol groups is 1. The van der Waals surface area contributed by atoms with Crippen LogP contribution in [0.1, 0.15) is 10.8 Å². The third-order valence-electron chi connectivity index (χ3n) is 2.41.